The Hall–Kier alpha value is -2.65. The van der Waals surface area contributed by atoms with Gasteiger partial charge in [-0.1, -0.05) is 65.7 Å². The van der Waals surface area contributed by atoms with Crippen LogP contribution in [0, 0.1) is 6.92 Å². The largest absolute Gasteiger partial charge is 0.327 e. The lowest BCUT2D eigenvalue weighted by Crippen LogP contribution is -2.40. The van der Waals surface area contributed by atoms with Gasteiger partial charge in [0.15, 0.2) is 0 Å². The molecule has 4 heteroatoms. The summed E-state index contributed by atoms with van der Waals surface area (Å²) in [6.45, 7) is 2.75. The zero-order chi connectivity index (χ0) is 18.1. The third-order valence-corrected chi connectivity index (χ3v) is 5.14. The van der Waals surface area contributed by atoms with Crippen LogP contribution in [0.25, 0.3) is 0 Å². The summed E-state index contributed by atoms with van der Waals surface area (Å²) in [6, 6.07) is 20.1. The van der Waals surface area contributed by atoms with Crippen molar-refractivity contribution in [1.29, 1.82) is 0 Å². The summed E-state index contributed by atoms with van der Waals surface area (Å²) in [5.41, 5.74) is 5.38. The Morgan fingerprint density at radius 2 is 1.85 bits per heavy atom. The van der Waals surface area contributed by atoms with Crippen LogP contribution in [0.15, 0.2) is 66.9 Å². The number of amides is 1. The van der Waals surface area contributed by atoms with E-state index in [1.807, 2.05) is 11.0 Å². The number of aromatic nitrogens is 1. The van der Waals surface area contributed by atoms with Gasteiger partial charge in [-0.15, -0.1) is 0 Å². The smallest absolute Gasteiger partial charge is 0.256 e. The van der Waals surface area contributed by atoms with Crippen LogP contribution in [0.2, 0.25) is 5.15 Å². The van der Waals surface area contributed by atoms with E-state index in [1.54, 1.807) is 18.3 Å². The van der Waals surface area contributed by atoms with Gasteiger partial charge in [0.25, 0.3) is 5.91 Å². The molecule has 0 spiro atoms. The molecular weight excluding hydrogens is 344 g/mol. The lowest BCUT2D eigenvalue weighted by Gasteiger charge is -2.38. The number of benzene rings is 2. The number of carbonyl (C=O) groups is 1. The van der Waals surface area contributed by atoms with Crippen molar-refractivity contribution in [2.24, 2.45) is 0 Å². The third-order valence-electron chi connectivity index (χ3n) is 4.91. The predicted octanol–water partition coefficient (Wildman–Crippen LogP) is 4.83. The van der Waals surface area contributed by atoms with Gasteiger partial charge < -0.3 is 4.90 Å². The van der Waals surface area contributed by atoms with Crippen LogP contribution >= 0.6 is 11.6 Å². The molecule has 0 N–H and O–H groups in total. The molecule has 0 aliphatic carbocycles. The molecule has 1 aromatic heterocycles. The van der Waals surface area contributed by atoms with Crippen LogP contribution in [0.5, 0.6) is 0 Å². The second-order valence-electron chi connectivity index (χ2n) is 6.63. The number of carbonyl (C=O) groups excluding carboxylic acids is 1. The minimum atomic E-state index is -0.0938. The Morgan fingerprint density at radius 3 is 2.58 bits per heavy atom. The van der Waals surface area contributed by atoms with Crippen molar-refractivity contribution >= 4 is 17.5 Å². The zero-order valence-electron chi connectivity index (χ0n) is 14.5. The van der Waals surface area contributed by atoms with Gasteiger partial charge in [0.05, 0.1) is 11.6 Å². The van der Waals surface area contributed by atoms with E-state index in [1.165, 1.54) is 16.7 Å². The third kappa shape index (κ3) is 3.11. The molecule has 1 aliphatic rings. The fraction of sp³-hybridized carbons (Fsp3) is 0.182. The highest BCUT2D eigenvalue weighted by molar-refractivity contribution is 6.29. The Morgan fingerprint density at radius 1 is 1.08 bits per heavy atom. The molecular formula is C22H19ClN2O. The lowest BCUT2D eigenvalue weighted by atomic mass is 9.87. The molecule has 1 aliphatic heterocycles. The van der Waals surface area contributed by atoms with E-state index in [9.17, 15) is 4.79 Å². The quantitative estimate of drug-likeness (QED) is 0.612. The number of hydrogen-bond acceptors (Lipinski definition) is 2. The molecule has 0 saturated carbocycles. The summed E-state index contributed by atoms with van der Waals surface area (Å²) < 4.78 is 0. The number of nitrogens with zero attached hydrogens (tertiary/aromatic N) is 2. The molecule has 26 heavy (non-hydrogen) atoms. The van der Waals surface area contributed by atoms with E-state index in [2.05, 4.69) is 54.4 Å². The van der Waals surface area contributed by atoms with E-state index in [-0.39, 0.29) is 11.9 Å². The first-order chi connectivity index (χ1) is 12.6. The first kappa shape index (κ1) is 16.8. The fourth-order valence-electron chi connectivity index (χ4n) is 3.56. The molecule has 2 aromatic carbocycles. The van der Waals surface area contributed by atoms with Crippen LogP contribution in [-0.4, -0.2) is 22.3 Å². The van der Waals surface area contributed by atoms with Crippen molar-refractivity contribution in [2.75, 3.05) is 6.54 Å². The van der Waals surface area contributed by atoms with Crippen LogP contribution in [-0.2, 0) is 6.42 Å². The molecule has 130 valence electrons. The van der Waals surface area contributed by atoms with Crippen LogP contribution in [0.3, 0.4) is 0 Å². The molecule has 0 unspecified atom stereocenters. The highest BCUT2D eigenvalue weighted by Crippen LogP contribution is 2.36. The molecule has 0 saturated heterocycles. The SMILES string of the molecule is Cc1ccc([C@H]2c3ccccc3CCN2C(=O)c2ccc(Cl)nc2)cc1. The van der Waals surface area contributed by atoms with E-state index in [0.717, 1.165) is 12.0 Å². The Balaban J connectivity index is 1.78. The van der Waals surface area contributed by atoms with Gasteiger partial charge >= 0.3 is 0 Å². The van der Waals surface area contributed by atoms with Crippen molar-refractivity contribution in [3.8, 4) is 0 Å². The van der Waals surface area contributed by atoms with Gasteiger partial charge in [0, 0.05) is 12.7 Å². The Labute approximate surface area is 158 Å². The van der Waals surface area contributed by atoms with E-state index >= 15 is 0 Å². The van der Waals surface area contributed by atoms with Crippen LogP contribution in [0.4, 0.5) is 0 Å². The number of fused-ring (bicyclic) bond motifs is 1. The number of halogens is 1. The maximum atomic E-state index is 13.2. The first-order valence-electron chi connectivity index (χ1n) is 8.70. The fourth-order valence-corrected chi connectivity index (χ4v) is 3.67. The Bertz CT molecular complexity index is 935. The second-order valence-corrected chi connectivity index (χ2v) is 7.02. The second kappa shape index (κ2) is 6.93. The lowest BCUT2D eigenvalue weighted by molar-refractivity contribution is 0.0694. The summed E-state index contributed by atoms with van der Waals surface area (Å²) in [4.78, 5) is 19.2. The summed E-state index contributed by atoms with van der Waals surface area (Å²) in [6.07, 6.45) is 2.41. The van der Waals surface area contributed by atoms with Gasteiger partial charge in [-0.25, -0.2) is 4.98 Å². The topological polar surface area (TPSA) is 33.2 Å². The van der Waals surface area contributed by atoms with Crippen molar-refractivity contribution < 1.29 is 4.79 Å². The standard InChI is InChI=1S/C22H19ClN2O/c1-15-6-8-17(9-7-15)21-19-5-3-2-4-16(19)12-13-25(21)22(26)18-10-11-20(23)24-14-18/h2-11,14,21H,12-13H2,1H3/t21-/m0/s1. The maximum absolute atomic E-state index is 13.2. The van der Waals surface area contributed by atoms with Gasteiger partial charge in [0.1, 0.15) is 5.15 Å². The van der Waals surface area contributed by atoms with Crippen molar-refractivity contribution in [1.82, 2.24) is 9.88 Å². The molecule has 1 amide bonds. The highest BCUT2D eigenvalue weighted by Gasteiger charge is 2.32. The normalized spacial score (nSPS) is 16.2. The van der Waals surface area contributed by atoms with Crippen molar-refractivity contribution in [2.45, 2.75) is 19.4 Å². The monoisotopic (exact) mass is 362 g/mol. The molecule has 0 bridgehead atoms. The number of pyridine rings is 1. The van der Waals surface area contributed by atoms with Crippen LogP contribution in [0.1, 0.15) is 38.7 Å². The molecule has 0 radical (unpaired) electrons. The van der Waals surface area contributed by atoms with Gasteiger partial charge in [-0.2, -0.15) is 0 Å². The molecule has 3 aromatic rings. The molecule has 1 atom stereocenters. The number of aryl methyl sites for hydroxylation is 1. The van der Waals surface area contributed by atoms with Gasteiger partial charge in [-0.3, -0.25) is 4.79 Å². The summed E-state index contributed by atoms with van der Waals surface area (Å²) in [7, 11) is 0. The number of rotatable bonds is 2. The first-order valence-corrected chi connectivity index (χ1v) is 9.08. The predicted molar refractivity (Wildman–Crippen MR) is 103 cm³/mol. The highest BCUT2D eigenvalue weighted by atomic mass is 35.5. The average molecular weight is 363 g/mol. The summed E-state index contributed by atoms with van der Waals surface area (Å²) in [5.74, 6) is -0.0192. The van der Waals surface area contributed by atoms with E-state index < -0.39 is 0 Å². The average Bonchev–Trinajstić information content (AvgIpc) is 2.68. The van der Waals surface area contributed by atoms with Gasteiger partial charge in [0.2, 0.25) is 0 Å². The molecule has 3 nitrogen and oxygen atoms in total. The van der Waals surface area contributed by atoms with E-state index in [4.69, 9.17) is 11.6 Å². The molecule has 0 fully saturated rings. The van der Waals surface area contributed by atoms with Crippen molar-refractivity contribution in [3.05, 3.63) is 99.8 Å². The number of hydrogen-bond donors (Lipinski definition) is 0. The minimum Gasteiger partial charge on any atom is -0.327 e. The van der Waals surface area contributed by atoms with Crippen molar-refractivity contribution in [3.63, 3.8) is 0 Å². The molecule has 2 heterocycles. The minimum absolute atomic E-state index is 0.0192. The Kier molecular flexibility index (Phi) is 4.48. The van der Waals surface area contributed by atoms with E-state index in [0.29, 0.717) is 17.3 Å². The summed E-state index contributed by atoms with van der Waals surface area (Å²) >= 11 is 5.87. The maximum Gasteiger partial charge on any atom is 0.256 e. The van der Waals surface area contributed by atoms with Crippen LogP contribution < -0.4 is 0 Å². The zero-order valence-corrected chi connectivity index (χ0v) is 15.3. The molecule has 4 rings (SSSR count). The summed E-state index contributed by atoms with van der Waals surface area (Å²) in [5, 5.41) is 0.389. The van der Waals surface area contributed by atoms with Gasteiger partial charge in [-0.05, 0) is 42.2 Å².